The number of esters is 1. The first-order chi connectivity index (χ1) is 12.7. The molecule has 7 heteroatoms. The summed E-state index contributed by atoms with van der Waals surface area (Å²) in [6, 6.07) is 6.06. The summed E-state index contributed by atoms with van der Waals surface area (Å²) >= 11 is 0. The topological polar surface area (TPSA) is 98.8 Å². The first kappa shape index (κ1) is 20.5. The van der Waals surface area contributed by atoms with Crippen LogP contribution in [-0.2, 0) is 23.9 Å². The molecule has 0 aromatic heterocycles. The van der Waals surface area contributed by atoms with Gasteiger partial charge in [-0.25, -0.2) is 4.79 Å². The van der Waals surface area contributed by atoms with Crippen LogP contribution in [0.1, 0.15) is 44.0 Å². The van der Waals surface area contributed by atoms with Crippen molar-refractivity contribution in [3.8, 4) is 0 Å². The summed E-state index contributed by atoms with van der Waals surface area (Å²) in [5.41, 5.74) is 0.576. The number of carbonyl (C=O) groups excluding carboxylic acids is 4. The van der Waals surface area contributed by atoms with Gasteiger partial charge in [-0.05, 0) is 36.6 Å². The van der Waals surface area contributed by atoms with Crippen LogP contribution in [0.15, 0.2) is 36.0 Å². The van der Waals surface area contributed by atoms with Crippen LogP contribution in [0.5, 0.6) is 0 Å². The Balaban J connectivity index is 1.99. The Labute approximate surface area is 157 Å². The Bertz CT molecular complexity index is 754. The fourth-order valence-electron chi connectivity index (χ4n) is 2.67. The Morgan fingerprint density at radius 3 is 2.26 bits per heavy atom. The molecule has 0 heterocycles. The predicted octanol–water partition coefficient (Wildman–Crippen LogP) is 2.66. The molecule has 2 rings (SSSR count). The molecule has 0 saturated heterocycles. The minimum atomic E-state index is -0.993. The van der Waals surface area contributed by atoms with Crippen molar-refractivity contribution < 1.29 is 28.7 Å². The number of ether oxygens (including phenoxy) is 2. The number of hydrogen-bond donors (Lipinski definition) is 1. The largest absolute Gasteiger partial charge is 0.432 e. The summed E-state index contributed by atoms with van der Waals surface area (Å²) < 4.78 is 9.55. The molecule has 27 heavy (non-hydrogen) atoms. The van der Waals surface area contributed by atoms with Crippen LogP contribution in [0.25, 0.3) is 0 Å². The quantitative estimate of drug-likeness (QED) is 0.149. The molecule has 7 nitrogen and oxygen atoms in total. The Morgan fingerprint density at radius 2 is 1.70 bits per heavy atom. The van der Waals surface area contributed by atoms with Crippen molar-refractivity contribution in [2.45, 2.75) is 33.6 Å². The molecular formula is C20H23NO6. The van der Waals surface area contributed by atoms with Crippen molar-refractivity contribution in [2.75, 3.05) is 18.7 Å². The van der Waals surface area contributed by atoms with Crippen LogP contribution in [0, 0.1) is 5.41 Å². The minimum absolute atomic E-state index is 0.147. The van der Waals surface area contributed by atoms with Crippen molar-refractivity contribution >= 4 is 29.0 Å². The zero-order valence-corrected chi connectivity index (χ0v) is 15.7. The molecule has 1 aromatic rings. The number of allylic oxidation sites excluding steroid dienone is 1. The molecule has 0 bridgehead atoms. The lowest BCUT2D eigenvalue weighted by Crippen LogP contribution is -2.31. The molecule has 1 fully saturated rings. The fraction of sp³-hybridized carbons (Fsp3) is 0.400. The van der Waals surface area contributed by atoms with Gasteiger partial charge in [-0.3, -0.25) is 14.4 Å². The van der Waals surface area contributed by atoms with E-state index in [2.05, 4.69) is 10.1 Å². The van der Waals surface area contributed by atoms with E-state index in [0.29, 0.717) is 25.1 Å². The van der Waals surface area contributed by atoms with E-state index in [0.717, 1.165) is 0 Å². The standard InChI is InChI=1S/C20H23NO6/c1-4-26-12-27-19(25)18(24)13-5-7-14(8-6-13)21-11-15-16(22)9-20(2,3)10-17(15)23/h5-8,11,21H,4,9-10,12H2,1-3H3. The third-order valence-electron chi connectivity index (χ3n) is 4.07. The van der Waals surface area contributed by atoms with Gasteiger partial charge in [0.15, 0.2) is 18.4 Å². The molecule has 0 amide bonds. The second-order valence-corrected chi connectivity index (χ2v) is 7.02. The van der Waals surface area contributed by atoms with Gasteiger partial charge >= 0.3 is 5.97 Å². The van der Waals surface area contributed by atoms with Crippen LogP contribution in [0.4, 0.5) is 5.69 Å². The fourth-order valence-corrected chi connectivity index (χ4v) is 2.67. The highest BCUT2D eigenvalue weighted by Crippen LogP contribution is 2.33. The van der Waals surface area contributed by atoms with E-state index < -0.39 is 11.8 Å². The van der Waals surface area contributed by atoms with Gasteiger partial charge in [-0.15, -0.1) is 0 Å². The monoisotopic (exact) mass is 373 g/mol. The molecule has 1 aliphatic rings. The number of anilines is 1. The smallest absolute Gasteiger partial charge is 0.381 e. The Morgan fingerprint density at radius 1 is 1.11 bits per heavy atom. The first-order valence-corrected chi connectivity index (χ1v) is 8.66. The molecule has 144 valence electrons. The number of Topliss-reactive ketones (excluding diaryl/α,β-unsaturated/α-hetero) is 3. The summed E-state index contributed by atoms with van der Waals surface area (Å²) in [5, 5.41) is 2.89. The van der Waals surface area contributed by atoms with E-state index in [9.17, 15) is 19.2 Å². The summed E-state index contributed by atoms with van der Waals surface area (Å²) in [7, 11) is 0. The van der Waals surface area contributed by atoms with Crippen LogP contribution >= 0.6 is 0 Å². The van der Waals surface area contributed by atoms with Gasteiger partial charge in [0.05, 0.1) is 5.57 Å². The SMILES string of the molecule is CCOCOC(=O)C(=O)c1ccc(NC=C2C(=O)CC(C)(C)CC2=O)cc1. The van der Waals surface area contributed by atoms with Crippen molar-refractivity contribution in [3.63, 3.8) is 0 Å². The highest BCUT2D eigenvalue weighted by Gasteiger charge is 2.35. The maximum Gasteiger partial charge on any atom is 0.381 e. The third-order valence-corrected chi connectivity index (χ3v) is 4.07. The van der Waals surface area contributed by atoms with Crippen molar-refractivity contribution in [3.05, 3.63) is 41.6 Å². The zero-order valence-electron chi connectivity index (χ0n) is 15.7. The first-order valence-electron chi connectivity index (χ1n) is 8.66. The van der Waals surface area contributed by atoms with Gasteiger partial charge in [0.2, 0.25) is 0 Å². The van der Waals surface area contributed by atoms with E-state index >= 15 is 0 Å². The Kier molecular flexibility index (Phi) is 6.63. The van der Waals surface area contributed by atoms with Crippen molar-refractivity contribution in [2.24, 2.45) is 5.41 Å². The lowest BCUT2D eigenvalue weighted by atomic mass is 9.74. The van der Waals surface area contributed by atoms with Crippen molar-refractivity contribution in [1.82, 2.24) is 0 Å². The molecule has 1 N–H and O–H groups in total. The minimum Gasteiger partial charge on any atom is -0.432 e. The van der Waals surface area contributed by atoms with Gasteiger partial charge in [0, 0.05) is 36.9 Å². The number of benzene rings is 1. The highest BCUT2D eigenvalue weighted by molar-refractivity contribution is 6.40. The average molecular weight is 373 g/mol. The second-order valence-electron chi connectivity index (χ2n) is 7.02. The summed E-state index contributed by atoms with van der Waals surface area (Å²) in [4.78, 5) is 47.8. The second kappa shape index (κ2) is 8.73. The average Bonchev–Trinajstić information content (AvgIpc) is 2.60. The van der Waals surface area contributed by atoms with Crippen LogP contribution in [0.2, 0.25) is 0 Å². The summed E-state index contributed by atoms with van der Waals surface area (Å²) in [6.07, 6.45) is 2.04. The van der Waals surface area contributed by atoms with E-state index in [-0.39, 0.29) is 34.9 Å². The molecule has 0 unspecified atom stereocenters. The molecule has 1 saturated carbocycles. The third kappa shape index (κ3) is 5.59. The summed E-state index contributed by atoms with van der Waals surface area (Å²) in [6.45, 7) is 5.63. The Hall–Kier alpha value is -2.80. The van der Waals surface area contributed by atoms with Gasteiger partial charge in [-0.2, -0.15) is 0 Å². The summed E-state index contributed by atoms with van der Waals surface area (Å²) in [5.74, 6) is -2.15. The maximum absolute atomic E-state index is 12.1. The van der Waals surface area contributed by atoms with Crippen molar-refractivity contribution in [1.29, 1.82) is 0 Å². The molecular weight excluding hydrogens is 350 g/mol. The van der Waals surface area contributed by atoms with Crippen LogP contribution in [0.3, 0.4) is 0 Å². The van der Waals surface area contributed by atoms with Gasteiger partial charge < -0.3 is 14.8 Å². The van der Waals surface area contributed by atoms with Gasteiger partial charge in [0.1, 0.15) is 0 Å². The normalized spacial score (nSPS) is 16.0. The van der Waals surface area contributed by atoms with E-state index in [1.165, 1.54) is 18.3 Å². The highest BCUT2D eigenvalue weighted by atomic mass is 16.7. The number of rotatable bonds is 7. The lowest BCUT2D eigenvalue weighted by Gasteiger charge is -2.28. The van der Waals surface area contributed by atoms with E-state index in [4.69, 9.17) is 4.74 Å². The zero-order chi connectivity index (χ0) is 20.0. The lowest BCUT2D eigenvalue weighted by molar-refractivity contribution is -0.150. The van der Waals surface area contributed by atoms with E-state index in [1.807, 2.05) is 13.8 Å². The molecule has 0 atom stereocenters. The molecule has 1 aliphatic carbocycles. The number of carbonyl (C=O) groups is 4. The van der Waals surface area contributed by atoms with Crippen LogP contribution < -0.4 is 5.32 Å². The number of nitrogens with one attached hydrogen (secondary N) is 1. The van der Waals surface area contributed by atoms with Gasteiger partial charge in [0.25, 0.3) is 5.78 Å². The maximum atomic E-state index is 12.1. The van der Waals surface area contributed by atoms with E-state index in [1.54, 1.807) is 19.1 Å². The molecule has 0 aliphatic heterocycles. The molecule has 0 spiro atoms. The number of ketones is 3. The molecule has 0 radical (unpaired) electrons. The number of hydrogen-bond acceptors (Lipinski definition) is 7. The molecule has 1 aromatic carbocycles. The van der Waals surface area contributed by atoms with Crippen LogP contribution in [-0.4, -0.2) is 36.7 Å². The van der Waals surface area contributed by atoms with Gasteiger partial charge in [-0.1, -0.05) is 13.8 Å². The predicted molar refractivity (Wildman–Crippen MR) is 98.1 cm³/mol.